The summed E-state index contributed by atoms with van der Waals surface area (Å²) >= 11 is 8.99. The van der Waals surface area contributed by atoms with E-state index in [0.29, 0.717) is 50.5 Å². The minimum absolute atomic E-state index is 0.0548. The van der Waals surface area contributed by atoms with Crippen molar-refractivity contribution in [1.29, 1.82) is 10.5 Å². The second-order valence-electron chi connectivity index (χ2n) is 15.2. The van der Waals surface area contributed by atoms with E-state index in [1.807, 2.05) is 36.6 Å². The minimum atomic E-state index is -1.21. The lowest BCUT2D eigenvalue weighted by atomic mass is 9.96. The molecule has 59 heavy (non-hydrogen) atoms. The number of thiazole rings is 1. The van der Waals surface area contributed by atoms with Crippen LogP contribution in [0.1, 0.15) is 77.6 Å². The van der Waals surface area contributed by atoms with Gasteiger partial charge >= 0.3 is 12.1 Å². The molecule has 3 atom stereocenters. The maximum atomic E-state index is 13.9. The van der Waals surface area contributed by atoms with Crippen LogP contribution in [-0.2, 0) is 20.1 Å². The van der Waals surface area contributed by atoms with Gasteiger partial charge in [0.05, 0.1) is 17.8 Å². The molecular weight excluding hydrogens is 810 g/mol. The highest BCUT2D eigenvalue weighted by Gasteiger charge is 2.35. The number of ether oxygens (including phenoxy) is 2. The molecule has 310 valence electrons. The number of alkyl carbamates (subject to hydrolysis) is 1. The Morgan fingerprint density at radius 1 is 1.02 bits per heavy atom. The van der Waals surface area contributed by atoms with Gasteiger partial charge in [0, 0.05) is 40.4 Å². The number of thioether (sulfide) groups is 1. The quantitative estimate of drug-likeness (QED) is 0.102. The van der Waals surface area contributed by atoms with Crippen LogP contribution in [0.3, 0.4) is 0 Å². The van der Waals surface area contributed by atoms with Crippen molar-refractivity contribution < 1.29 is 29.0 Å². The average molecular weight is 858 g/mol. The Labute approximate surface area is 358 Å². The first-order valence-electron chi connectivity index (χ1n) is 19.4. The van der Waals surface area contributed by atoms with E-state index >= 15 is 0 Å². The molecule has 5 rings (SSSR count). The molecule has 1 aliphatic rings. The first kappa shape index (κ1) is 44.7. The zero-order chi connectivity index (χ0) is 42.9. The number of benzene rings is 2. The molecule has 2 aromatic heterocycles. The van der Waals surface area contributed by atoms with Gasteiger partial charge in [-0.1, -0.05) is 67.9 Å². The third kappa shape index (κ3) is 11.4. The molecule has 2 N–H and O–H groups in total. The van der Waals surface area contributed by atoms with Crippen molar-refractivity contribution in [2.45, 2.75) is 89.3 Å². The summed E-state index contributed by atoms with van der Waals surface area (Å²) in [4.78, 5) is 51.7. The summed E-state index contributed by atoms with van der Waals surface area (Å²) in [6.45, 7) is 11.6. The van der Waals surface area contributed by atoms with E-state index in [2.05, 4.69) is 22.4 Å². The highest BCUT2D eigenvalue weighted by atomic mass is 35.5. The van der Waals surface area contributed by atoms with E-state index in [4.69, 9.17) is 31.0 Å². The van der Waals surface area contributed by atoms with Crippen LogP contribution < -0.4 is 15.0 Å². The molecule has 2 aromatic carbocycles. The van der Waals surface area contributed by atoms with Crippen LogP contribution in [0.25, 0.3) is 21.7 Å². The van der Waals surface area contributed by atoms with Crippen LogP contribution in [-0.4, -0.2) is 81.9 Å². The van der Waals surface area contributed by atoms with Crippen molar-refractivity contribution >= 4 is 58.5 Å². The summed E-state index contributed by atoms with van der Waals surface area (Å²) in [7, 11) is 0. The van der Waals surface area contributed by atoms with Gasteiger partial charge in [0.2, 0.25) is 5.91 Å². The molecule has 3 heterocycles. The number of hydrogen-bond donors (Lipinski definition) is 2. The average Bonchev–Trinajstić information content (AvgIpc) is 3.93. The second kappa shape index (κ2) is 20.1. The van der Waals surface area contributed by atoms with Crippen LogP contribution in [0.2, 0.25) is 5.02 Å². The summed E-state index contributed by atoms with van der Waals surface area (Å²) in [6, 6.07) is 16.9. The fourth-order valence-corrected chi connectivity index (χ4v) is 8.39. The normalized spacial score (nSPS) is 14.1. The van der Waals surface area contributed by atoms with E-state index < -0.39 is 35.7 Å². The van der Waals surface area contributed by atoms with Gasteiger partial charge in [0.25, 0.3) is 0 Å². The Balaban J connectivity index is 1.37. The monoisotopic (exact) mass is 857 g/mol. The molecule has 0 bridgehead atoms. The number of nitriles is 2. The molecule has 2 amide bonds. The SMILES string of the molecule is CCC(C)[C@H](NC(=O)OC(C)(C)C)C(=O)N(CCOc1ccc(-c2c(C#N)c(SCc3csc(-c4ccc(Cl)cc4)n3)nc(N3CCCC3)c2C#N)cc1)[C@@H](C)C(=O)O. The number of nitrogens with zero attached hydrogens (tertiary/aromatic N) is 6. The first-order chi connectivity index (χ1) is 28.1. The van der Waals surface area contributed by atoms with Crippen LogP contribution in [0, 0.1) is 28.6 Å². The zero-order valence-corrected chi connectivity index (χ0v) is 36.3. The molecule has 0 spiro atoms. The van der Waals surface area contributed by atoms with Crippen molar-refractivity contribution in [2.24, 2.45) is 5.92 Å². The highest BCUT2D eigenvalue weighted by molar-refractivity contribution is 7.98. The maximum Gasteiger partial charge on any atom is 0.408 e. The van der Waals surface area contributed by atoms with E-state index in [1.165, 1.54) is 34.9 Å². The number of hydrogen-bond acceptors (Lipinski definition) is 12. The standard InChI is InChI=1S/C43H48ClN7O6S2/c1-7-26(2)36(48-42(55)57-43(4,5)6)40(52)51(27(3)41(53)54)20-21-56-32-16-12-28(13-17-32)35-33(22-45)37(50-18-8-9-19-50)49-39(34(35)23-46)59-25-31-24-58-38(47-31)29-10-14-30(44)15-11-29/h10-17,24,26-27,36H,7-9,18-21,25H2,1-6H3,(H,48,55)(H,53,54)/t26?,27-,36-/m0/s1. The fraction of sp³-hybridized carbons (Fsp3) is 0.419. The Bertz CT molecular complexity index is 2210. The Hall–Kier alpha value is -5.35. The van der Waals surface area contributed by atoms with Gasteiger partial charge in [-0.15, -0.1) is 11.3 Å². The van der Waals surface area contributed by atoms with Crippen LogP contribution in [0.15, 0.2) is 58.9 Å². The van der Waals surface area contributed by atoms with Gasteiger partial charge in [-0.05, 0) is 76.3 Å². The maximum absolute atomic E-state index is 13.9. The number of pyridine rings is 1. The third-order valence-electron chi connectivity index (χ3n) is 9.78. The summed E-state index contributed by atoms with van der Waals surface area (Å²) < 4.78 is 11.4. The zero-order valence-electron chi connectivity index (χ0n) is 34.0. The Morgan fingerprint density at radius 2 is 1.66 bits per heavy atom. The molecule has 4 aromatic rings. The molecular formula is C43H48ClN7O6S2. The number of amides is 2. The van der Waals surface area contributed by atoms with Gasteiger partial charge < -0.3 is 29.7 Å². The number of aliphatic carboxylic acids is 1. The second-order valence-corrected chi connectivity index (χ2v) is 17.4. The molecule has 13 nitrogen and oxygen atoms in total. The predicted molar refractivity (Wildman–Crippen MR) is 230 cm³/mol. The minimum Gasteiger partial charge on any atom is -0.492 e. The summed E-state index contributed by atoms with van der Waals surface area (Å²) in [5.74, 6) is -0.669. The van der Waals surface area contributed by atoms with Gasteiger partial charge in [-0.3, -0.25) is 4.79 Å². The number of nitrogens with one attached hydrogen (secondary N) is 1. The lowest BCUT2D eigenvalue weighted by molar-refractivity contribution is -0.151. The summed E-state index contributed by atoms with van der Waals surface area (Å²) in [5, 5.41) is 37.6. The van der Waals surface area contributed by atoms with E-state index in [9.17, 15) is 30.0 Å². The predicted octanol–water partition coefficient (Wildman–Crippen LogP) is 8.78. The van der Waals surface area contributed by atoms with Crippen LogP contribution >= 0.6 is 34.7 Å². The van der Waals surface area contributed by atoms with Gasteiger partial charge in [0.1, 0.15) is 63.6 Å². The highest BCUT2D eigenvalue weighted by Crippen LogP contribution is 2.40. The molecule has 1 saturated heterocycles. The number of rotatable bonds is 16. The number of halogens is 1. The summed E-state index contributed by atoms with van der Waals surface area (Å²) in [6.07, 6.45) is 1.70. The molecule has 0 saturated carbocycles. The van der Waals surface area contributed by atoms with Crippen molar-refractivity contribution in [2.75, 3.05) is 31.1 Å². The Morgan fingerprint density at radius 3 is 2.25 bits per heavy atom. The fourth-order valence-electron chi connectivity index (χ4n) is 6.46. The number of carboxylic acid groups (broad SMARTS) is 1. The molecule has 0 aliphatic carbocycles. The van der Waals surface area contributed by atoms with E-state index in [-0.39, 0.29) is 24.6 Å². The van der Waals surface area contributed by atoms with Crippen molar-refractivity contribution in [3.05, 3.63) is 75.8 Å². The molecule has 1 fully saturated rings. The van der Waals surface area contributed by atoms with Gasteiger partial charge in [0.15, 0.2) is 0 Å². The van der Waals surface area contributed by atoms with Crippen molar-refractivity contribution in [3.63, 3.8) is 0 Å². The topological polar surface area (TPSA) is 182 Å². The third-order valence-corrected chi connectivity index (χ3v) is 12.0. The lowest BCUT2D eigenvalue weighted by Gasteiger charge is -2.33. The number of carboxylic acids is 1. The number of aromatic nitrogens is 2. The van der Waals surface area contributed by atoms with Crippen LogP contribution in [0.4, 0.5) is 10.6 Å². The van der Waals surface area contributed by atoms with Crippen molar-refractivity contribution in [1.82, 2.24) is 20.2 Å². The number of anilines is 1. The largest absolute Gasteiger partial charge is 0.492 e. The number of carbonyl (C=O) groups excluding carboxylic acids is 2. The molecule has 16 heteroatoms. The molecule has 0 radical (unpaired) electrons. The van der Waals surface area contributed by atoms with E-state index in [1.54, 1.807) is 52.0 Å². The summed E-state index contributed by atoms with van der Waals surface area (Å²) in [5.41, 5.74) is 2.68. The Kier molecular flexibility index (Phi) is 15.2. The van der Waals surface area contributed by atoms with E-state index in [0.717, 1.165) is 42.2 Å². The smallest absolute Gasteiger partial charge is 0.408 e. The first-order valence-corrected chi connectivity index (χ1v) is 21.6. The molecule has 1 aliphatic heterocycles. The van der Waals surface area contributed by atoms with Crippen LogP contribution in [0.5, 0.6) is 5.75 Å². The molecule has 1 unspecified atom stereocenters. The van der Waals surface area contributed by atoms with Crippen molar-refractivity contribution in [3.8, 4) is 39.6 Å². The lowest BCUT2D eigenvalue weighted by Crippen LogP contribution is -2.56. The van der Waals surface area contributed by atoms with Gasteiger partial charge in [-0.2, -0.15) is 10.5 Å². The van der Waals surface area contributed by atoms with Gasteiger partial charge in [-0.25, -0.2) is 19.6 Å². The number of carbonyl (C=O) groups is 3.